The summed E-state index contributed by atoms with van der Waals surface area (Å²) in [6.45, 7) is 20.2. The maximum atomic E-state index is 13.5. The minimum atomic E-state index is -4.44. The van der Waals surface area contributed by atoms with Gasteiger partial charge in [0.15, 0.2) is 8.32 Å². The van der Waals surface area contributed by atoms with E-state index in [1.165, 1.54) is 12.1 Å². The summed E-state index contributed by atoms with van der Waals surface area (Å²) >= 11 is 0. The molecule has 232 valence electrons. The van der Waals surface area contributed by atoms with Crippen LogP contribution in [0.5, 0.6) is 0 Å². The van der Waals surface area contributed by atoms with Gasteiger partial charge in [-0.2, -0.15) is 13.2 Å². The Morgan fingerprint density at radius 3 is 2.10 bits per heavy atom. The van der Waals surface area contributed by atoms with Gasteiger partial charge in [0.25, 0.3) is 0 Å². The van der Waals surface area contributed by atoms with Crippen molar-refractivity contribution in [2.75, 3.05) is 13.2 Å². The summed E-state index contributed by atoms with van der Waals surface area (Å²) in [4.78, 5) is 5.20. The molecular weight excluding hydrogens is 559 g/mol. The molecule has 2 atom stereocenters. The maximum absolute atomic E-state index is 13.5. The van der Waals surface area contributed by atoms with E-state index in [1.807, 2.05) is 0 Å². The summed E-state index contributed by atoms with van der Waals surface area (Å²) in [5, 5.41) is 11.5. The molecule has 1 saturated heterocycles. The number of alkyl halides is 3. The van der Waals surface area contributed by atoms with Crippen molar-refractivity contribution in [2.45, 2.75) is 122 Å². The Kier molecular flexibility index (Phi) is 7.63. The van der Waals surface area contributed by atoms with Crippen molar-refractivity contribution in [1.29, 1.82) is 0 Å². The van der Waals surface area contributed by atoms with Crippen LogP contribution in [-0.2, 0) is 37.7 Å². The Hall–Kier alpha value is -1.78. The SMILES string of the molecule is CC1(C)Cc2nc(C(C)(C)O)c3c(c2C(O[Si](C)(C)C(C)(C)C)C1)C1(CCOCC1)OC3c1ccc(C(F)(F)F)cc1. The van der Waals surface area contributed by atoms with Gasteiger partial charge in [-0.05, 0) is 73.5 Å². The Morgan fingerprint density at radius 2 is 1.57 bits per heavy atom. The first kappa shape index (κ1) is 31.6. The van der Waals surface area contributed by atoms with E-state index >= 15 is 0 Å². The Morgan fingerprint density at radius 1 is 0.976 bits per heavy atom. The third-order valence-corrected chi connectivity index (χ3v) is 14.3. The molecule has 0 bridgehead atoms. The number of hydrogen-bond acceptors (Lipinski definition) is 5. The number of benzene rings is 1. The van der Waals surface area contributed by atoms with Gasteiger partial charge in [0.2, 0.25) is 0 Å². The van der Waals surface area contributed by atoms with E-state index in [-0.39, 0.29) is 16.6 Å². The highest BCUT2D eigenvalue weighted by atomic mass is 28.4. The van der Waals surface area contributed by atoms with E-state index in [9.17, 15) is 18.3 Å². The number of fused-ring (bicyclic) bond motifs is 4. The summed E-state index contributed by atoms with van der Waals surface area (Å²) in [6, 6.07) is 5.20. The number of hydrogen-bond donors (Lipinski definition) is 1. The highest BCUT2D eigenvalue weighted by molar-refractivity contribution is 6.74. The van der Waals surface area contributed by atoms with Gasteiger partial charge in [0, 0.05) is 42.9 Å². The van der Waals surface area contributed by atoms with Crippen molar-refractivity contribution in [1.82, 2.24) is 4.98 Å². The molecule has 5 rings (SSSR count). The van der Waals surface area contributed by atoms with Gasteiger partial charge in [-0.25, -0.2) is 0 Å². The average molecular weight is 606 g/mol. The van der Waals surface area contributed by atoms with Crippen molar-refractivity contribution in [3.8, 4) is 0 Å². The van der Waals surface area contributed by atoms with Gasteiger partial charge in [-0.15, -0.1) is 0 Å². The average Bonchev–Trinajstić information content (AvgIpc) is 3.15. The smallest absolute Gasteiger partial charge is 0.410 e. The Bertz CT molecular complexity index is 1330. The number of ether oxygens (including phenoxy) is 2. The van der Waals surface area contributed by atoms with Gasteiger partial charge in [-0.3, -0.25) is 4.98 Å². The minimum Gasteiger partial charge on any atom is -0.410 e. The number of rotatable bonds is 4. The molecule has 1 aromatic carbocycles. The zero-order valence-electron chi connectivity index (χ0n) is 26.5. The van der Waals surface area contributed by atoms with Crippen LogP contribution in [0, 0.1) is 5.41 Å². The lowest BCUT2D eigenvalue weighted by atomic mass is 9.69. The summed E-state index contributed by atoms with van der Waals surface area (Å²) in [7, 11) is -2.22. The van der Waals surface area contributed by atoms with E-state index < -0.39 is 37.4 Å². The van der Waals surface area contributed by atoms with E-state index in [4.69, 9.17) is 18.9 Å². The van der Waals surface area contributed by atoms with Gasteiger partial charge in [0.05, 0.1) is 23.0 Å². The molecule has 0 radical (unpaired) electrons. The molecule has 2 aromatic rings. The molecule has 42 heavy (non-hydrogen) atoms. The third-order valence-electron chi connectivity index (χ3n) is 9.78. The molecule has 2 unspecified atom stereocenters. The first-order chi connectivity index (χ1) is 19.2. The van der Waals surface area contributed by atoms with Crippen molar-refractivity contribution >= 4 is 8.32 Å². The van der Waals surface area contributed by atoms with Crippen LogP contribution in [0.2, 0.25) is 18.1 Å². The molecule has 0 saturated carbocycles. The second-order valence-electron chi connectivity index (χ2n) is 15.3. The molecule has 0 amide bonds. The fourth-order valence-corrected chi connectivity index (χ4v) is 7.88. The summed E-state index contributed by atoms with van der Waals surface area (Å²) < 4.78 is 60.4. The van der Waals surface area contributed by atoms with Crippen LogP contribution in [0.25, 0.3) is 0 Å². The topological polar surface area (TPSA) is 60.8 Å². The number of pyridine rings is 1. The maximum Gasteiger partial charge on any atom is 0.416 e. The van der Waals surface area contributed by atoms with Crippen LogP contribution in [0.15, 0.2) is 24.3 Å². The number of aliphatic hydroxyl groups is 1. The quantitative estimate of drug-likeness (QED) is 0.354. The zero-order chi connectivity index (χ0) is 31.1. The van der Waals surface area contributed by atoms with Gasteiger partial charge < -0.3 is 19.0 Å². The van der Waals surface area contributed by atoms with Crippen LogP contribution < -0.4 is 0 Å². The largest absolute Gasteiger partial charge is 0.416 e. The highest BCUT2D eigenvalue weighted by Gasteiger charge is 2.54. The molecule has 1 spiro atoms. The normalized spacial score (nSPS) is 24.0. The van der Waals surface area contributed by atoms with E-state index in [0.717, 1.165) is 47.4 Å². The van der Waals surface area contributed by atoms with Crippen LogP contribution in [0.3, 0.4) is 0 Å². The minimum absolute atomic E-state index is 0.00594. The highest BCUT2D eigenvalue weighted by Crippen LogP contribution is 2.59. The van der Waals surface area contributed by atoms with Crippen LogP contribution in [0.4, 0.5) is 13.2 Å². The van der Waals surface area contributed by atoms with Gasteiger partial charge in [0.1, 0.15) is 11.7 Å². The van der Waals surface area contributed by atoms with Crippen molar-refractivity contribution in [3.63, 3.8) is 0 Å². The molecule has 9 heteroatoms. The van der Waals surface area contributed by atoms with Crippen LogP contribution >= 0.6 is 0 Å². The Balaban J connectivity index is 1.79. The first-order valence-corrected chi connectivity index (χ1v) is 18.0. The molecule has 1 N–H and O–H groups in total. The zero-order valence-corrected chi connectivity index (χ0v) is 27.5. The first-order valence-electron chi connectivity index (χ1n) is 15.1. The summed E-state index contributed by atoms with van der Waals surface area (Å²) in [5.74, 6) is 0. The van der Waals surface area contributed by atoms with E-state index in [2.05, 4.69) is 47.7 Å². The molecule has 2 aliphatic heterocycles. The number of halogens is 3. The summed E-state index contributed by atoms with van der Waals surface area (Å²) in [6.07, 6.45) is -2.56. The predicted molar refractivity (Wildman–Crippen MR) is 159 cm³/mol. The summed E-state index contributed by atoms with van der Waals surface area (Å²) in [5.41, 5.74) is 2.08. The number of nitrogens with zero attached hydrogens (tertiary/aromatic N) is 1. The molecule has 1 fully saturated rings. The lowest BCUT2D eigenvalue weighted by Crippen LogP contribution is -2.45. The number of aromatic nitrogens is 1. The fourth-order valence-electron chi connectivity index (χ4n) is 6.61. The molecular formula is C33H46F3NO4Si. The van der Waals surface area contributed by atoms with Crippen LogP contribution in [0.1, 0.15) is 119 Å². The van der Waals surface area contributed by atoms with E-state index in [0.29, 0.717) is 37.3 Å². The molecule has 5 nitrogen and oxygen atoms in total. The standard InChI is InChI=1S/C33H46F3NO4Si/c1-29(2,3)42(8,9)41-23-19-30(4,5)18-22-24(23)26-25(28(37-22)31(6,7)38)27(40-32(26)14-16-39-17-15-32)20-10-12-21(13-11-20)33(34,35)36/h10-13,23,27,38H,14-19H2,1-9H3. The monoisotopic (exact) mass is 605 g/mol. The second-order valence-corrected chi connectivity index (χ2v) is 20.1. The van der Waals surface area contributed by atoms with Crippen molar-refractivity contribution < 1.29 is 32.2 Å². The second kappa shape index (κ2) is 10.1. The van der Waals surface area contributed by atoms with Crippen molar-refractivity contribution in [2.24, 2.45) is 5.41 Å². The third kappa shape index (κ3) is 5.60. The molecule has 1 aliphatic carbocycles. The molecule has 3 aliphatic rings. The van der Waals surface area contributed by atoms with Gasteiger partial charge >= 0.3 is 6.18 Å². The van der Waals surface area contributed by atoms with Crippen molar-refractivity contribution in [3.05, 3.63) is 63.5 Å². The van der Waals surface area contributed by atoms with E-state index in [1.54, 1.807) is 13.8 Å². The fraction of sp³-hybridized carbons (Fsp3) is 0.667. The lowest BCUT2D eigenvalue weighted by molar-refractivity contribution is -0.137. The van der Waals surface area contributed by atoms with Crippen LogP contribution in [-0.4, -0.2) is 31.6 Å². The predicted octanol–water partition coefficient (Wildman–Crippen LogP) is 8.49. The Labute approximate surface area is 249 Å². The van der Waals surface area contributed by atoms with Gasteiger partial charge in [-0.1, -0.05) is 46.8 Å². The lowest BCUT2D eigenvalue weighted by Gasteiger charge is -2.46. The molecule has 1 aromatic heterocycles. The molecule has 3 heterocycles.